The summed E-state index contributed by atoms with van der Waals surface area (Å²) in [5.41, 5.74) is 2.67. The van der Waals surface area contributed by atoms with Crippen molar-refractivity contribution in [3.05, 3.63) is 66.0 Å². The summed E-state index contributed by atoms with van der Waals surface area (Å²) in [6.45, 7) is 3.19. The van der Waals surface area contributed by atoms with Gasteiger partial charge in [-0.25, -0.2) is 14.4 Å². The molecule has 0 atom stereocenters. The number of nitrogens with one attached hydrogen (secondary N) is 1. The Labute approximate surface area is 189 Å². The molecule has 0 saturated heterocycles. The van der Waals surface area contributed by atoms with Crippen molar-refractivity contribution in [1.29, 1.82) is 0 Å². The molecule has 0 spiro atoms. The number of benzene rings is 3. The monoisotopic (exact) mass is 447 g/mol. The first-order valence-corrected chi connectivity index (χ1v) is 11.3. The third kappa shape index (κ3) is 3.88. The topological polar surface area (TPSA) is 75.1 Å². The Bertz CT molecular complexity index is 1370. The summed E-state index contributed by atoms with van der Waals surface area (Å²) < 4.78 is 12.8. The first-order chi connectivity index (χ1) is 15.3. The van der Waals surface area contributed by atoms with Gasteiger partial charge in [-0.3, -0.25) is 4.79 Å². The molecule has 2 N–H and O–H groups in total. The summed E-state index contributed by atoms with van der Waals surface area (Å²) in [6, 6.07) is 16.8. The summed E-state index contributed by atoms with van der Waals surface area (Å²) in [5, 5.41) is 16.2. The number of hydrogen-bond acceptors (Lipinski definition) is 5. The van der Waals surface area contributed by atoms with Crippen molar-refractivity contribution in [2.75, 3.05) is 5.32 Å². The van der Waals surface area contributed by atoms with E-state index in [4.69, 9.17) is 0 Å². The van der Waals surface area contributed by atoms with E-state index in [1.54, 1.807) is 19.9 Å². The predicted molar refractivity (Wildman–Crippen MR) is 126 cm³/mol. The predicted octanol–water partition coefficient (Wildman–Crippen LogP) is 6.50. The number of hydrogen-bond donors (Lipinski definition) is 2. The fourth-order valence-corrected chi connectivity index (χ4v) is 4.63. The summed E-state index contributed by atoms with van der Waals surface area (Å²) in [6.07, 6.45) is 2.44. The van der Waals surface area contributed by atoms with Gasteiger partial charge in [-0.15, -0.1) is 0 Å². The van der Waals surface area contributed by atoms with E-state index in [0.29, 0.717) is 22.6 Å². The van der Waals surface area contributed by atoms with Gasteiger partial charge >= 0.3 is 5.97 Å². The fourth-order valence-electron chi connectivity index (χ4n) is 3.80. The highest BCUT2D eigenvalue weighted by molar-refractivity contribution is 8.01. The Hall–Kier alpha value is -3.19. The number of halogens is 1. The van der Waals surface area contributed by atoms with Crippen LogP contribution >= 0.6 is 11.8 Å². The van der Waals surface area contributed by atoms with Crippen LogP contribution in [0, 0.1) is 5.82 Å². The van der Waals surface area contributed by atoms with Crippen LogP contribution in [0.2, 0.25) is 0 Å². The van der Waals surface area contributed by atoms with Crippen molar-refractivity contribution >= 4 is 50.9 Å². The molecule has 162 valence electrons. The highest BCUT2D eigenvalue weighted by atomic mass is 32.2. The molecular formula is C25H22FN3O2S. The molecule has 0 aliphatic heterocycles. The second kappa shape index (κ2) is 7.74. The van der Waals surface area contributed by atoms with E-state index >= 15 is 0 Å². The average molecular weight is 448 g/mol. The molecule has 5 nitrogen and oxygen atoms in total. The Morgan fingerprint density at radius 3 is 2.53 bits per heavy atom. The highest BCUT2D eigenvalue weighted by Gasteiger charge is 2.30. The number of aliphatic carboxylic acids is 1. The van der Waals surface area contributed by atoms with Gasteiger partial charge in [-0.1, -0.05) is 42.1 Å². The fraction of sp³-hybridized carbons (Fsp3) is 0.240. The van der Waals surface area contributed by atoms with E-state index in [-0.39, 0.29) is 5.16 Å². The largest absolute Gasteiger partial charge is 0.480 e. The van der Waals surface area contributed by atoms with Crippen molar-refractivity contribution in [2.24, 2.45) is 0 Å². The zero-order valence-corrected chi connectivity index (χ0v) is 18.5. The molecule has 1 fully saturated rings. The molecule has 0 amide bonds. The molecule has 4 aromatic rings. The molecule has 5 rings (SSSR count). The Morgan fingerprint density at radius 1 is 1.06 bits per heavy atom. The van der Waals surface area contributed by atoms with E-state index in [9.17, 15) is 14.3 Å². The molecule has 1 saturated carbocycles. The molecule has 1 heterocycles. The van der Waals surface area contributed by atoms with Gasteiger partial charge in [0.05, 0.1) is 5.52 Å². The number of carboxylic acid groups (broad SMARTS) is 1. The van der Waals surface area contributed by atoms with Gasteiger partial charge in [-0.05, 0) is 61.8 Å². The van der Waals surface area contributed by atoms with Gasteiger partial charge < -0.3 is 10.4 Å². The van der Waals surface area contributed by atoms with Crippen molar-refractivity contribution in [3.63, 3.8) is 0 Å². The molecule has 0 bridgehead atoms. The zero-order valence-electron chi connectivity index (χ0n) is 17.7. The van der Waals surface area contributed by atoms with Crippen LogP contribution in [0.3, 0.4) is 0 Å². The number of rotatable bonds is 6. The number of fused-ring (bicyclic) bond motifs is 2. The Morgan fingerprint density at radius 2 is 1.81 bits per heavy atom. The lowest BCUT2D eigenvalue weighted by Gasteiger charge is -2.19. The van der Waals surface area contributed by atoms with E-state index < -0.39 is 16.5 Å². The molecular weight excluding hydrogens is 425 g/mol. The highest BCUT2D eigenvalue weighted by Crippen LogP contribution is 2.45. The molecule has 1 aliphatic carbocycles. The number of aromatic nitrogens is 2. The number of nitrogens with zero attached hydrogens (tertiary/aromatic N) is 2. The van der Waals surface area contributed by atoms with Crippen LogP contribution in [-0.4, -0.2) is 25.8 Å². The zero-order chi connectivity index (χ0) is 22.5. The van der Waals surface area contributed by atoms with Crippen molar-refractivity contribution in [2.45, 2.75) is 42.5 Å². The molecule has 1 aliphatic rings. The lowest BCUT2D eigenvalue weighted by Crippen LogP contribution is -2.27. The summed E-state index contributed by atoms with van der Waals surface area (Å²) >= 11 is 1.03. The van der Waals surface area contributed by atoms with Crippen molar-refractivity contribution < 1.29 is 14.3 Å². The van der Waals surface area contributed by atoms with Gasteiger partial charge in [0, 0.05) is 22.5 Å². The van der Waals surface area contributed by atoms with Crippen LogP contribution in [0.25, 0.3) is 21.7 Å². The normalized spacial score (nSPS) is 14.1. The van der Waals surface area contributed by atoms with E-state index in [2.05, 4.69) is 39.6 Å². The summed E-state index contributed by atoms with van der Waals surface area (Å²) in [5.74, 6) is -0.238. The van der Waals surface area contributed by atoms with Crippen LogP contribution in [0.5, 0.6) is 0 Å². The second-order valence-electron chi connectivity index (χ2n) is 8.58. The third-order valence-corrected chi connectivity index (χ3v) is 6.78. The smallest absolute Gasteiger partial charge is 0.319 e. The van der Waals surface area contributed by atoms with Gasteiger partial charge in [0.1, 0.15) is 16.4 Å². The van der Waals surface area contributed by atoms with E-state index in [0.717, 1.165) is 22.8 Å². The van der Waals surface area contributed by atoms with Crippen LogP contribution < -0.4 is 5.32 Å². The average Bonchev–Trinajstić information content (AvgIpc) is 3.58. The number of thioether (sulfide) groups is 1. The molecule has 7 heteroatoms. The van der Waals surface area contributed by atoms with Crippen LogP contribution in [-0.2, 0) is 4.79 Å². The van der Waals surface area contributed by atoms with Crippen LogP contribution in [0.15, 0.2) is 59.8 Å². The first kappa shape index (κ1) is 20.7. The minimum atomic E-state index is -1.13. The molecule has 0 unspecified atom stereocenters. The van der Waals surface area contributed by atoms with Gasteiger partial charge in [0.15, 0.2) is 5.16 Å². The minimum absolute atomic E-state index is 0.275. The molecule has 1 aromatic heterocycles. The number of anilines is 2. The molecule has 0 radical (unpaired) electrons. The number of carboxylic acids is 1. The standard InChI is InChI=1S/C25H22FN3O2S/c1-25(2,23(30)31)32-24-28-21-13-15(26)9-10-19(21)22(29-24)27-20-12-11-16(14-7-8-14)17-5-3-4-6-18(17)20/h3-6,9-14H,7-8H2,1-2H3,(H,30,31)(H,27,28,29). The van der Waals surface area contributed by atoms with Gasteiger partial charge in [0.25, 0.3) is 0 Å². The van der Waals surface area contributed by atoms with E-state index in [1.807, 2.05) is 12.1 Å². The van der Waals surface area contributed by atoms with Gasteiger partial charge in [-0.2, -0.15) is 0 Å². The second-order valence-corrected chi connectivity index (χ2v) is 10.2. The van der Waals surface area contributed by atoms with Gasteiger partial charge in [0.2, 0.25) is 0 Å². The quantitative estimate of drug-likeness (QED) is 0.260. The molecule has 3 aromatic carbocycles. The minimum Gasteiger partial charge on any atom is -0.480 e. The van der Waals surface area contributed by atoms with Crippen molar-refractivity contribution in [3.8, 4) is 0 Å². The molecule has 32 heavy (non-hydrogen) atoms. The maximum atomic E-state index is 13.9. The first-order valence-electron chi connectivity index (χ1n) is 10.5. The third-order valence-electron chi connectivity index (χ3n) is 5.73. The maximum absolute atomic E-state index is 13.9. The summed E-state index contributed by atoms with van der Waals surface area (Å²) in [4.78, 5) is 20.7. The maximum Gasteiger partial charge on any atom is 0.319 e. The lowest BCUT2D eigenvalue weighted by atomic mass is 9.99. The number of carbonyl (C=O) groups is 1. The van der Waals surface area contributed by atoms with Crippen LogP contribution in [0.1, 0.15) is 38.2 Å². The Kier molecular flexibility index (Phi) is 5.01. The van der Waals surface area contributed by atoms with E-state index in [1.165, 1.54) is 35.9 Å². The Balaban J connectivity index is 1.62. The SMILES string of the molecule is CC(C)(Sc1nc(Nc2ccc(C3CC3)c3ccccc23)c2ccc(F)cc2n1)C(=O)O. The lowest BCUT2D eigenvalue weighted by molar-refractivity contribution is -0.138. The summed E-state index contributed by atoms with van der Waals surface area (Å²) in [7, 11) is 0. The van der Waals surface area contributed by atoms with Crippen LogP contribution in [0.4, 0.5) is 15.9 Å². The van der Waals surface area contributed by atoms with Crippen molar-refractivity contribution in [1.82, 2.24) is 9.97 Å².